The van der Waals surface area contributed by atoms with Crippen molar-refractivity contribution in [3.05, 3.63) is 69.6 Å². The molecule has 0 radical (unpaired) electrons. The number of aromatic nitrogens is 2. The molecule has 0 saturated heterocycles. The van der Waals surface area contributed by atoms with Crippen LogP contribution in [0, 0.1) is 11.3 Å². The molecule has 0 aliphatic heterocycles. The fourth-order valence-corrected chi connectivity index (χ4v) is 2.99. The average molecular weight is 404 g/mol. The van der Waals surface area contributed by atoms with Crippen molar-refractivity contribution in [2.75, 3.05) is 6.61 Å². The highest BCUT2D eigenvalue weighted by Crippen LogP contribution is 2.23. The van der Waals surface area contributed by atoms with Gasteiger partial charge in [-0.1, -0.05) is 18.2 Å². The third-order valence-corrected chi connectivity index (χ3v) is 4.42. The first-order valence-corrected chi connectivity index (χ1v) is 9.42. The van der Waals surface area contributed by atoms with Gasteiger partial charge in [0.15, 0.2) is 5.90 Å². The van der Waals surface area contributed by atoms with Crippen LogP contribution < -0.4 is 5.56 Å². The lowest BCUT2D eigenvalue weighted by atomic mass is 10.0. The molecule has 8 nitrogen and oxygen atoms in total. The summed E-state index contributed by atoms with van der Waals surface area (Å²) in [5, 5.41) is 25.6. The Morgan fingerprint density at radius 3 is 2.63 bits per heavy atom. The molecule has 3 aromatic rings. The maximum Gasteiger partial charge on any atom is 0.303 e. The monoisotopic (exact) mass is 404 g/mol. The number of carbonyl (C=O) groups is 1. The number of aliphatic imine (C=N–C) groups is 1. The van der Waals surface area contributed by atoms with Gasteiger partial charge in [-0.05, 0) is 36.8 Å². The Balaban J connectivity index is 1.94. The molecule has 0 amide bonds. The number of ether oxygens (including phenoxy) is 1. The Kier molecular flexibility index (Phi) is 6.55. The number of nitrogens with zero attached hydrogens (tertiary/aromatic N) is 3. The summed E-state index contributed by atoms with van der Waals surface area (Å²) in [6.45, 7) is 2.16. The molecule has 0 unspecified atom stereocenters. The number of rotatable bonds is 7. The van der Waals surface area contributed by atoms with Crippen LogP contribution in [0.15, 0.2) is 52.3 Å². The van der Waals surface area contributed by atoms with Gasteiger partial charge >= 0.3 is 5.97 Å². The normalized spacial score (nSPS) is 11.3. The van der Waals surface area contributed by atoms with Gasteiger partial charge in [0.25, 0.3) is 5.56 Å². The molecular weight excluding hydrogens is 384 g/mol. The number of hydrogen-bond donors (Lipinski definition) is 2. The average Bonchev–Trinajstić information content (AvgIpc) is 2.75. The van der Waals surface area contributed by atoms with E-state index in [1.165, 1.54) is 0 Å². The summed E-state index contributed by atoms with van der Waals surface area (Å²) >= 11 is 0. The number of nitriles is 1. The van der Waals surface area contributed by atoms with Crippen molar-refractivity contribution in [1.82, 2.24) is 10.2 Å². The number of nitrogens with one attached hydrogen (secondary N) is 1. The number of aromatic amines is 1. The summed E-state index contributed by atoms with van der Waals surface area (Å²) in [5.74, 6) is -0.626. The summed E-state index contributed by atoms with van der Waals surface area (Å²) in [6, 6.07) is 14.4. The third kappa shape index (κ3) is 5.08. The Morgan fingerprint density at radius 1 is 1.20 bits per heavy atom. The molecule has 1 heterocycles. The molecular formula is C22H20N4O4. The zero-order valence-electron chi connectivity index (χ0n) is 16.4. The molecule has 0 bridgehead atoms. The molecule has 152 valence electrons. The minimum atomic E-state index is -0.934. The maximum absolute atomic E-state index is 12.3. The molecule has 0 aliphatic rings. The number of benzene rings is 2. The number of aliphatic carboxylic acids is 1. The van der Waals surface area contributed by atoms with Crippen LogP contribution in [0.4, 0.5) is 5.69 Å². The molecule has 30 heavy (non-hydrogen) atoms. The van der Waals surface area contributed by atoms with Crippen LogP contribution in [-0.4, -0.2) is 33.8 Å². The van der Waals surface area contributed by atoms with Gasteiger partial charge < -0.3 is 9.84 Å². The van der Waals surface area contributed by atoms with Crippen molar-refractivity contribution in [1.29, 1.82) is 5.26 Å². The molecule has 0 atom stereocenters. The summed E-state index contributed by atoms with van der Waals surface area (Å²) in [6.07, 6.45) is 0.563. The predicted octanol–water partition coefficient (Wildman–Crippen LogP) is 3.32. The van der Waals surface area contributed by atoms with E-state index in [1.807, 2.05) is 12.1 Å². The number of carboxylic acids is 1. The molecule has 0 spiro atoms. The minimum Gasteiger partial charge on any atom is -0.481 e. The quantitative estimate of drug-likeness (QED) is 0.459. The largest absolute Gasteiger partial charge is 0.481 e. The van der Waals surface area contributed by atoms with Gasteiger partial charge in [-0.2, -0.15) is 10.4 Å². The van der Waals surface area contributed by atoms with Crippen molar-refractivity contribution in [2.24, 2.45) is 4.99 Å². The van der Waals surface area contributed by atoms with Gasteiger partial charge in [-0.25, -0.2) is 10.1 Å². The first-order valence-electron chi connectivity index (χ1n) is 9.42. The second-order valence-corrected chi connectivity index (χ2v) is 6.55. The van der Waals surface area contributed by atoms with E-state index in [1.54, 1.807) is 37.3 Å². The highest BCUT2D eigenvalue weighted by molar-refractivity contribution is 5.88. The van der Waals surface area contributed by atoms with E-state index in [0.29, 0.717) is 46.6 Å². The SMILES string of the molecule is CCOC(CCC(=O)O)=Nc1ccc2c(Cc3ccc(C#N)cc3)n[nH]c(=O)c2c1. The topological polar surface area (TPSA) is 128 Å². The van der Waals surface area contributed by atoms with Crippen molar-refractivity contribution in [3.63, 3.8) is 0 Å². The molecule has 1 aromatic heterocycles. The van der Waals surface area contributed by atoms with E-state index >= 15 is 0 Å². The van der Waals surface area contributed by atoms with Crippen LogP contribution >= 0.6 is 0 Å². The van der Waals surface area contributed by atoms with Gasteiger partial charge in [0.05, 0.1) is 41.4 Å². The van der Waals surface area contributed by atoms with E-state index < -0.39 is 5.97 Å². The number of H-pyrrole nitrogens is 1. The Morgan fingerprint density at radius 2 is 1.97 bits per heavy atom. The van der Waals surface area contributed by atoms with Crippen molar-refractivity contribution >= 4 is 28.3 Å². The van der Waals surface area contributed by atoms with Crippen LogP contribution in [0.2, 0.25) is 0 Å². The number of carboxylic acid groups (broad SMARTS) is 1. The standard InChI is InChI=1S/C22H20N4O4/c1-2-30-20(9-10-21(27)28)24-16-7-8-17-18(12-16)22(29)26-25-19(17)11-14-3-5-15(13-23)6-4-14/h3-8,12H,2,9-11H2,1H3,(H,26,29)(H,27,28). The fourth-order valence-electron chi connectivity index (χ4n) is 2.99. The first kappa shape index (κ1) is 20.7. The van der Waals surface area contributed by atoms with E-state index in [9.17, 15) is 9.59 Å². The van der Waals surface area contributed by atoms with Crippen molar-refractivity contribution < 1.29 is 14.6 Å². The van der Waals surface area contributed by atoms with Gasteiger partial charge in [0.1, 0.15) is 0 Å². The summed E-state index contributed by atoms with van der Waals surface area (Å²) < 4.78 is 5.43. The first-order chi connectivity index (χ1) is 14.5. The second-order valence-electron chi connectivity index (χ2n) is 6.55. The lowest BCUT2D eigenvalue weighted by molar-refractivity contribution is -0.136. The van der Waals surface area contributed by atoms with E-state index in [0.717, 1.165) is 5.56 Å². The van der Waals surface area contributed by atoms with Gasteiger partial charge in [-0.3, -0.25) is 9.59 Å². The van der Waals surface area contributed by atoms with Crippen LogP contribution in [-0.2, 0) is 16.0 Å². The molecule has 3 rings (SSSR count). The Bertz CT molecular complexity index is 1190. The number of hydrogen-bond acceptors (Lipinski definition) is 6. The molecule has 8 heteroatoms. The lowest BCUT2D eigenvalue weighted by Gasteiger charge is -2.08. The Hall–Kier alpha value is -3.99. The van der Waals surface area contributed by atoms with E-state index in [-0.39, 0.29) is 18.4 Å². The van der Waals surface area contributed by atoms with E-state index in [4.69, 9.17) is 15.1 Å². The smallest absolute Gasteiger partial charge is 0.303 e. The van der Waals surface area contributed by atoms with Crippen LogP contribution in [0.1, 0.15) is 36.6 Å². The van der Waals surface area contributed by atoms with Crippen LogP contribution in [0.25, 0.3) is 10.8 Å². The molecule has 0 fully saturated rings. The van der Waals surface area contributed by atoms with E-state index in [2.05, 4.69) is 21.3 Å². The van der Waals surface area contributed by atoms with Crippen molar-refractivity contribution in [3.8, 4) is 6.07 Å². The highest BCUT2D eigenvalue weighted by Gasteiger charge is 2.10. The maximum atomic E-state index is 12.3. The number of fused-ring (bicyclic) bond motifs is 1. The fraction of sp³-hybridized carbons (Fsp3) is 0.227. The van der Waals surface area contributed by atoms with Gasteiger partial charge in [-0.15, -0.1) is 0 Å². The predicted molar refractivity (Wildman–Crippen MR) is 112 cm³/mol. The minimum absolute atomic E-state index is 0.0916. The molecule has 2 N–H and O–H groups in total. The van der Waals surface area contributed by atoms with Gasteiger partial charge in [0.2, 0.25) is 0 Å². The van der Waals surface area contributed by atoms with Gasteiger partial charge in [0, 0.05) is 18.2 Å². The molecule has 0 aliphatic carbocycles. The highest BCUT2D eigenvalue weighted by atomic mass is 16.5. The van der Waals surface area contributed by atoms with Crippen LogP contribution in [0.5, 0.6) is 0 Å². The Labute approximate surface area is 172 Å². The zero-order valence-corrected chi connectivity index (χ0v) is 16.4. The van der Waals surface area contributed by atoms with Crippen molar-refractivity contribution in [2.45, 2.75) is 26.2 Å². The summed E-state index contributed by atoms with van der Waals surface area (Å²) in [5.41, 5.74) is 2.39. The molecule has 0 saturated carbocycles. The third-order valence-electron chi connectivity index (χ3n) is 4.42. The summed E-state index contributed by atoms with van der Waals surface area (Å²) in [7, 11) is 0. The van der Waals surface area contributed by atoms with Crippen LogP contribution in [0.3, 0.4) is 0 Å². The lowest BCUT2D eigenvalue weighted by Crippen LogP contribution is -2.11. The zero-order chi connectivity index (χ0) is 21.5. The molecule has 2 aromatic carbocycles. The second kappa shape index (κ2) is 9.47. The summed E-state index contributed by atoms with van der Waals surface area (Å²) in [4.78, 5) is 27.5.